The van der Waals surface area contributed by atoms with Crippen LogP contribution >= 0.6 is 0 Å². The van der Waals surface area contributed by atoms with Gasteiger partial charge in [-0.3, -0.25) is 9.88 Å². The van der Waals surface area contributed by atoms with Gasteiger partial charge in [0.05, 0.1) is 12.7 Å². The molecule has 0 atom stereocenters. The minimum atomic E-state index is -0.282. The quantitative estimate of drug-likeness (QED) is 0.811. The molecule has 4 heteroatoms. The maximum Gasteiger partial charge on any atom is 0.338 e. The number of aromatic nitrogens is 1. The zero-order valence-corrected chi connectivity index (χ0v) is 12.1. The van der Waals surface area contributed by atoms with Gasteiger partial charge >= 0.3 is 5.97 Å². The van der Waals surface area contributed by atoms with Gasteiger partial charge in [0.1, 0.15) is 0 Å². The normalized spacial score (nSPS) is 14.5. The highest BCUT2D eigenvalue weighted by Crippen LogP contribution is 2.22. The molecule has 0 bridgehead atoms. The largest absolute Gasteiger partial charge is 0.465 e. The van der Waals surface area contributed by atoms with Gasteiger partial charge < -0.3 is 4.74 Å². The highest BCUT2D eigenvalue weighted by atomic mass is 16.5. The number of hydrogen-bond donors (Lipinski definition) is 0. The summed E-state index contributed by atoms with van der Waals surface area (Å²) in [5.41, 5.74) is 3.94. The van der Waals surface area contributed by atoms with Crippen molar-refractivity contribution in [1.29, 1.82) is 0 Å². The third-order valence-corrected chi connectivity index (χ3v) is 3.85. The molecule has 2 aromatic rings. The zero-order valence-electron chi connectivity index (χ0n) is 12.1. The summed E-state index contributed by atoms with van der Waals surface area (Å²) in [4.78, 5) is 18.6. The SMILES string of the molecule is COC(=O)c1ccnc2c1CN(Cc1ccccc1)CC2. The van der Waals surface area contributed by atoms with E-state index < -0.39 is 0 Å². The molecule has 108 valence electrons. The lowest BCUT2D eigenvalue weighted by molar-refractivity contribution is 0.0597. The number of methoxy groups -OCH3 is 1. The van der Waals surface area contributed by atoms with E-state index in [0.717, 1.165) is 37.3 Å². The van der Waals surface area contributed by atoms with Crippen LogP contribution < -0.4 is 0 Å². The molecule has 1 aromatic carbocycles. The standard InChI is InChI=1S/C17H18N2O2/c1-21-17(20)14-7-9-18-16-8-10-19(12-15(14)16)11-13-5-3-2-4-6-13/h2-7,9H,8,10-12H2,1H3. The van der Waals surface area contributed by atoms with Crippen LogP contribution in [0.1, 0.15) is 27.2 Å². The Bertz CT molecular complexity index is 640. The number of rotatable bonds is 3. The molecule has 1 aliphatic rings. The van der Waals surface area contributed by atoms with E-state index in [4.69, 9.17) is 4.74 Å². The number of hydrogen-bond acceptors (Lipinski definition) is 4. The first-order valence-electron chi connectivity index (χ1n) is 7.09. The number of carbonyl (C=O) groups excluding carboxylic acids is 1. The number of nitrogens with zero attached hydrogens (tertiary/aromatic N) is 2. The van der Waals surface area contributed by atoms with E-state index in [2.05, 4.69) is 34.1 Å². The Morgan fingerprint density at radius 3 is 2.86 bits per heavy atom. The first kappa shape index (κ1) is 13.8. The van der Waals surface area contributed by atoms with Gasteiger partial charge in [-0.1, -0.05) is 30.3 Å². The molecule has 0 unspecified atom stereocenters. The smallest absolute Gasteiger partial charge is 0.338 e. The van der Waals surface area contributed by atoms with E-state index in [1.165, 1.54) is 12.7 Å². The van der Waals surface area contributed by atoms with Crippen molar-refractivity contribution in [3.05, 3.63) is 65.0 Å². The first-order chi connectivity index (χ1) is 10.3. The fraction of sp³-hybridized carbons (Fsp3) is 0.294. The molecular weight excluding hydrogens is 264 g/mol. The van der Waals surface area contributed by atoms with Crippen LogP contribution in [-0.2, 0) is 24.2 Å². The zero-order chi connectivity index (χ0) is 14.7. The molecule has 21 heavy (non-hydrogen) atoms. The third kappa shape index (κ3) is 2.95. The Kier molecular flexibility index (Phi) is 3.97. The van der Waals surface area contributed by atoms with Crippen molar-refractivity contribution in [2.75, 3.05) is 13.7 Å². The molecule has 0 saturated heterocycles. The number of carbonyl (C=O) groups is 1. The highest BCUT2D eigenvalue weighted by molar-refractivity contribution is 5.91. The van der Waals surface area contributed by atoms with Crippen molar-refractivity contribution in [1.82, 2.24) is 9.88 Å². The average molecular weight is 282 g/mol. The van der Waals surface area contributed by atoms with Gasteiger partial charge in [-0.25, -0.2) is 4.79 Å². The lowest BCUT2D eigenvalue weighted by Gasteiger charge is -2.29. The molecule has 0 fully saturated rings. The second-order valence-electron chi connectivity index (χ2n) is 5.22. The van der Waals surface area contributed by atoms with Crippen LogP contribution in [0.4, 0.5) is 0 Å². The lowest BCUT2D eigenvalue weighted by atomic mass is 9.99. The number of ether oxygens (including phenoxy) is 1. The van der Waals surface area contributed by atoms with Crippen molar-refractivity contribution in [3.8, 4) is 0 Å². The van der Waals surface area contributed by atoms with Crippen LogP contribution in [0.5, 0.6) is 0 Å². The second kappa shape index (κ2) is 6.06. The van der Waals surface area contributed by atoms with Crippen LogP contribution in [-0.4, -0.2) is 29.5 Å². The number of esters is 1. The summed E-state index contributed by atoms with van der Waals surface area (Å²) in [6.45, 7) is 2.58. The molecular formula is C17H18N2O2. The summed E-state index contributed by atoms with van der Waals surface area (Å²) in [5.74, 6) is -0.282. The van der Waals surface area contributed by atoms with Gasteiger partial charge in [0, 0.05) is 43.5 Å². The molecule has 1 aliphatic heterocycles. The highest BCUT2D eigenvalue weighted by Gasteiger charge is 2.23. The van der Waals surface area contributed by atoms with Crippen LogP contribution in [0.25, 0.3) is 0 Å². The molecule has 4 nitrogen and oxygen atoms in total. The minimum absolute atomic E-state index is 0.282. The van der Waals surface area contributed by atoms with E-state index in [0.29, 0.717) is 5.56 Å². The van der Waals surface area contributed by atoms with Crippen LogP contribution in [0.15, 0.2) is 42.6 Å². The minimum Gasteiger partial charge on any atom is -0.465 e. The van der Waals surface area contributed by atoms with Crippen LogP contribution in [0, 0.1) is 0 Å². The van der Waals surface area contributed by atoms with E-state index >= 15 is 0 Å². The molecule has 0 spiro atoms. The van der Waals surface area contributed by atoms with E-state index in [-0.39, 0.29) is 5.97 Å². The maximum atomic E-state index is 11.9. The fourth-order valence-corrected chi connectivity index (χ4v) is 2.77. The lowest BCUT2D eigenvalue weighted by Crippen LogP contribution is -2.32. The Labute approximate surface area is 124 Å². The van der Waals surface area contributed by atoms with Crippen molar-refractivity contribution in [2.45, 2.75) is 19.5 Å². The maximum absolute atomic E-state index is 11.9. The fourth-order valence-electron chi connectivity index (χ4n) is 2.77. The topological polar surface area (TPSA) is 42.4 Å². The summed E-state index contributed by atoms with van der Waals surface area (Å²) in [6, 6.07) is 12.1. The molecule has 0 N–H and O–H groups in total. The monoisotopic (exact) mass is 282 g/mol. The summed E-state index contributed by atoms with van der Waals surface area (Å²) in [6.07, 6.45) is 2.56. The molecule has 0 saturated carbocycles. The number of benzene rings is 1. The molecule has 0 aliphatic carbocycles. The van der Waals surface area contributed by atoms with Gasteiger partial charge in [-0.2, -0.15) is 0 Å². The van der Waals surface area contributed by atoms with Gasteiger partial charge in [-0.15, -0.1) is 0 Å². The number of pyridine rings is 1. The Balaban J connectivity index is 1.82. The van der Waals surface area contributed by atoms with E-state index in [9.17, 15) is 4.79 Å². The van der Waals surface area contributed by atoms with E-state index in [1.807, 2.05) is 6.07 Å². The summed E-state index contributed by atoms with van der Waals surface area (Å²) >= 11 is 0. The Hall–Kier alpha value is -2.20. The molecule has 2 heterocycles. The molecule has 0 amide bonds. The van der Waals surface area contributed by atoms with Crippen LogP contribution in [0.3, 0.4) is 0 Å². The molecule has 3 rings (SSSR count). The summed E-state index contributed by atoms with van der Waals surface area (Å²) in [7, 11) is 1.42. The van der Waals surface area contributed by atoms with Crippen LogP contribution in [0.2, 0.25) is 0 Å². The summed E-state index contributed by atoms with van der Waals surface area (Å²) < 4.78 is 4.87. The average Bonchev–Trinajstić information content (AvgIpc) is 2.54. The Morgan fingerprint density at radius 2 is 2.10 bits per heavy atom. The van der Waals surface area contributed by atoms with Crippen molar-refractivity contribution in [2.24, 2.45) is 0 Å². The van der Waals surface area contributed by atoms with Gasteiger partial charge in [-0.05, 0) is 11.6 Å². The molecule has 1 aromatic heterocycles. The van der Waals surface area contributed by atoms with Gasteiger partial charge in [0.15, 0.2) is 0 Å². The van der Waals surface area contributed by atoms with E-state index in [1.54, 1.807) is 12.3 Å². The van der Waals surface area contributed by atoms with Gasteiger partial charge in [0.2, 0.25) is 0 Å². The Morgan fingerprint density at radius 1 is 1.29 bits per heavy atom. The van der Waals surface area contributed by atoms with Crippen molar-refractivity contribution in [3.63, 3.8) is 0 Å². The second-order valence-corrected chi connectivity index (χ2v) is 5.22. The van der Waals surface area contributed by atoms with Crippen molar-refractivity contribution >= 4 is 5.97 Å². The van der Waals surface area contributed by atoms with Gasteiger partial charge in [0.25, 0.3) is 0 Å². The third-order valence-electron chi connectivity index (χ3n) is 3.85. The predicted molar refractivity (Wildman–Crippen MR) is 79.8 cm³/mol. The predicted octanol–water partition coefficient (Wildman–Crippen LogP) is 2.43. The molecule has 0 radical (unpaired) electrons. The summed E-state index contributed by atoms with van der Waals surface area (Å²) in [5, 5.41) is 0. The number of fused-ring (bicyclic) bond motifs is 1. The first-order valence-corrected chi connectivity index (χ1v) is 7.09. The van der Waals surface area contributed by atoms with Crippen molar-refractivity contribution < 1.29 is 9.53 Å².